The second-order valence-electron chi connectivity index (χ2n) is 7.48. The number of nitrogens with zero attached hydrogens (tertiary/aromatic N) is 1. The summed E-state index contributed by atoms with van der Waals surface area (Å²) in [6, 6.07) is 18.1. The summed E-state index contributed by atoms with van der Waals surface area (Å²) in [6.07, 6.45) is 2.43. The second kappa shape index (κ2) is 8.03. The minimum atomic E-state index is 0.236. The number of anilines is 1. The molecule has 4 heteroatoms. The monoisotopic (exact) mass is 374 g/mol. The average Bonchev–Trinajstić information content (AvgIpc) is 3.22. The third-order valence-electron chi connectivity index (χ3n) is 5.24. The Labute approximate surface area is 166 Å². The van der Waals surface area contributed by atoms with Crippen molar-refractivity contribution in [2.24, 2.45) is 0 Å². The van der Waals surface area contributed by atoms with E-state index in [2.05, 4.69) is 30.4 Å². The topological polar surface area (TPSA) is 54.4 Å². The van der Waals surface area contributed by atoms with E-state index in [4.69, 9.17) is 9.72 Å². The molecule has 2 heterocycles. The second-order valence-corrected chi connectivity index (χ2v) is 7.48. The van der Waals surface area contributed by atoms with Crippen LogP contribution in [0.1, 0.15) is 24.0 Å². The Hall–Kier alpha value is -2.85. The zero-order chi connectivity index (χ0) is 19.5. The first-order valence-electron chi connectivity index (χ1n) is 9.84. The lowest BCUT2D eigenvalue weighted by Crippen LogP contribution is -2.19. The normalized spacial score (nSPS) is 16.3. The van der Waals surface area contributed by atoms with Crippen molar-refractivity contribution in [3.05, 3.63) is 65.7 Å². The summed E-state index contributed by atoms with van der Waals surface area (Å²) in [5.41, 5.74) is 6.05. The molecule has 28 heavy (non-hydrogen) atoms. The number of hydrogen-bond donors (Lipinski definition) is 2. The molecule has 4 nitrogen and oxygen atoms in total. The van der Waals surface area contributed by atoms with Crippen molar-refractivity contribution >= 4 is 5.82 Å². The van der Waals surface area contributed by atoms with E-state index in [-0.39, 0.29) is 11.9 Å². The van der Waals surface area contributed by atoms with E-state index >= 15 is 0 Å². The Morgan fingerprint density at radius 1 is 1.07 bits per heavy atom. The highest BCUT2D eigenvalue weighted by Gasteiger charge is 2.16. The first-order valence-corrected chi connectivity index (χ1v) is 9.84. The van der Waals surface area contributed by atoms with Crippen LogP contribution in [-0.4, -0.2) is 29.3 Å². The fraction of sp³-hybridized carbons (Fsp3) is 0.292. The lowest BCUT2D eigenvalue weighted by molar-refractivity contribution is 0.120. The number of phenolic OH excluding ortho intramolecular Hbond substituents is 1. The molecule has 0 aliphatic carbocycles. The lowest BCUT2D eigenvalue weighted by atomic mass is 9.98. The van der Waals surface area contributed by atoms with Crippen molar-refractivity contribution in [3.8, 4) is 28.1 Å². The number of ether oxygens (including phenoxy) is 1. The molecule has 1 aliphatic heterocycles. The van der Waals surface area contributed by atoms with E-state index < -0.39 is 0 Å². The van der Waals surface area contributed by atoms with Crippen LogP contribution in [0.15, 0.2) is 54.6 Å². The molecule has 0 bridgehead atoms. The first-order chi connectivity index (χ1) is 13.6. The molecule has 1 unspecified atom stereocenters. The van der Waals surface area contributed by atoms with Crippen LogP contribution in [0.4, 0.5) is 5.82 Å². The number of rotatable bonds is 5. The first kappa shape index (κ1) is 18.5. The van der Waals surface area contributed by atoms with Crippen molar-refractivity contribution < 1.29 is 9.84 Å². The van der Waals surface area contributed by atoms with Crippen LogP contribution in [0, 0.1) is 13.8 Å². The molecule has 2 aromatic carbocycles. The van der Waals surface area contributed by atoms with Gasteiger partial charge in [0.25, 0.3) is 0 Å². The molecule has 1 saturated heterocycles. The minimum Gasteiger partial charge on any atom is -0.507 e. The van der Waals surface area contributed by atoms with Crippen LogP contribution in [-0.2, 0) is 4.74 Å². The number of aromatic hydroxyl groups is 1. The highest BCUT2D eigenvalue weighted by molar-refractivity contribution is 5.77. The maximum absolute atomic E-state index is 10.4. The van der Waals surface area contributed by atoms with Gasteiger partial charge in [-0.05, 0) is 67.6 Å². The lowest BCUT2D eigenvalue weighted by Gasteiger charge is -2.15. The van der Waals surface area contributed by atoms with E-state index in [1.54, 1.807) is 6.07 Å². The fourth-order valence-corrected chi connectivity index (χ4v) is 3.69. The molecule has 4 rings (SSSR count). The summed E-state index contributed by atoms with van der Waals surface area (Å²) >= 11 is 0. The molecule has 0 spiro atoms. The molecule has 0 radical (unpaired) electrons. The van der Waals surface area contributed by atoms with Crippen LogP contribution in [0.5, 0.6) is 5.75 Å². The number of pyridine rings is 1. The predicted octanol–water partition coefficient (Wildman–Crippen LogP) is 5.33. The quantitative estimate of drug-likeness (QED) is 0.634. The molecule has 1 fully saturated rings. The summed E-state index contributed by atoms with van der Waals surface area (Å²) in [5, 5.41) is 13.9. The van der Waals surface area contributed by atoms with Crippen LogP contribution in [0.3, 0.4) is 0 Å². The molecule has 144 valence electrons. The van der Waals surface area contributed by atoms with Gasteiger partial charge in [-0.2, -0.15) is 0 Å². The third kappa shape index (κ3) is 4.02. The molecular weight excluding hydrogens is 348 g/mol. The predicted molar refractivity (Wildman–Crippen MR) is 114 cm³/mol. The van der Waals surface area contributed by atoms with Gasteiger partial charge in [-0.1, -0.05) is 35.9 Å². The summed E-state index contributed by atoms with van der Waals surface area (Å²) in [7, 11) is 0. The number of hydrogen-bond acceptors (Lipinski definition) is 4. The van der Waals surface area contributed by atoms with Gasteiger partial charge in [0.1, 0.15) is 11.6 Å². The van der Waals surface area contributed by atoms with Crippen molar-refractivity contribution in [1.29, 1.82) is 0 Å². The average molecular weight is 374 g/mol. The van der Waals surface area contributed by atoms with Gasteiger partial charge in [0, 0.05) is 18.7 Å². The number of aromatic nitrogens is 1. The number of aryl methyl sites for hydroxylation is 2. The van der Waals surface area contributed by atoms with Crippen molar-refractivity contribution in [3.63, 3.8) is 0 Å². The Morgan fingerprint density at radius 2 is 1.93 bits per heavy atom. The van der Waals surface area contributed by atoms with Gasteiger partial charge in [0.05, 0.1) is 11.8 Å². The van der Waals surface area contributed by atoms with E-state index in [0.29, 0.717) is 0 Å². The molecular formula is C24H26N2O2. The summed E-state index contributed by atoms with van der Waals surface area (Å²) in [4.78, 5) is 4.80. The maximum atomic E-state index is 10.4. The minimum absolute atomic E-state index is 0.236. The van der Waals surface area contributed by atoms with E-state index in [9.17, 15) is 5.11 Å². The molecule has 0 saturated carbocycles. The molecule has 0 amide bonds. The van der Waals surface area contributed by atoms with Crippen molar-refractivity contribution in [2.45, 2.75) is 32.8 Å². The Bertz CT molecular complexity index is 978. The highest BCUT2D eigenvalue weighted by atomic mass is 16.5. The maximum Gasteiger partial charge on any atom is 0.127 e. The van der Waals surface area contributed by atoms with Crippen LogP contribution in [0.25, 0.3) is 22.4 Å². The number of nitrogens with one attached hydrogen (secondary N) is 1. The summed E-state index contributed by atoms with van der Waals surface area (Å²) in [5.74, 6) is 1.04. The molecule has 3 aromatic rings. The zero-order valence-corrected chi connectivity index (χ0v) is 16.4. The van der Waals surface area contributed by atoms with Gasteiger partial charge >= 0.3 is 0 Å². The van der Waals surface area contributed by atoms with Crippen LogP contribution < -0.4 is 5.32 Å². The number of benzene rings is 2. The Kier molecular flexibility index (Phi) is 5.31. The molecule has 1 aliphatic rings. The van der Waals surface area contributed by atoms with E-state index in [0.717, 1.165) is 54.2 Å². The molecule has 1 aromatic heterocycles. The Morgan fingerprint density at radius 3 is 2.71 bits per heavy atom. The van der Waals surface area contributed by atoms with Gasteiger partial charge in [0.15, 0.2) is 0 Å². The highest BCUT2D eigenvalue weighted by Crippen LogP contribution is 2.34. The smallest absolute Gasteiger partial charge is 0.127 e. The van der Waals surface area contributed by atoms with Gasteiger partial charge in [0.2, 0.25) is 0 Å². The van der Waals surface area contributed by atoms with E-state index in [1.807, 2.05) is 37.3 Å². The fourth-order valence-electron chi connectivity index (χ4n) is 3.69. The largest absolute Gasteiger partial charge is 0.507 e. The van der Waals surface area contributed by atoms with Gasteiger partial charge < -0.3 is 15.2 Å². The van der Waals surface area contributed by atoms with Crippen LogP contribution >= 0.6 is 0 Å². The number of phenols is 1. The summed E-state index contributed by atoms with van der Waals surface area (Å²) in [6.45, 7) is 5.71. The Balaban J connectivity index is 1.76. The van der Waals surface area contributed by atoms with Gasteiger partial charge in [-0.3, -0.25) is 0 Å². The van der Waals surface area contributed by atoms with E-state index in [1.165, 1.54) is 11.1 Å². The van der Waals surface area contributed by atoms with Gasteiger partial charge in [-0.25, -0.2) is 4.98 Å². The van der Waals surface area contributed by atoms with Crippen LogP contribution in [0.2, 0.25) is 0 Å². The standard InChI is InChI=1S/C24H26N2O2/c1-16-9-10-23(27)21(12-16)22-13-18(20-8-4-3-6-17(20)2)14-24(26-22)25-15-19-7-5-11-28-19/h3-4,6,8-10,12-14,19,27H,5,7,11,15H2,1-2H3,(H,25,26). The summed E-state index contributed by atoms with van der Waals surface area (Å²) < 4.78 is 5.73. The zero-order valence-electron chi connectivity index (χ0n) is 16.4. The van der Waals surface area contributed by atoms with Crippen molar-refractivity contribution in [2.75, 3.05) is 18.5 Å². The van der Waals surface area contributed by atoms with Crippen molar-refractivity contribution in [1.82, 2.24) is 4.98 Å². The third-order valence-corrected chi connectivity index (χ3v) is 5.24. The molecule has 1 atom stereocenters. The molecule has 2 N–H and O–H groups in total. The van der Waals surface area contributed by atoms with Gasteiger partial charge in [-0.15, -0.1) is 0 Å². The SMILES string of the molecule is Cc1ccc(O)c(-c2cc(-c3ccccc3C)cc(NCC3CCCO3)n2)c1.